The molecule has 138 valence electrons. The number of hydrogen-bond acceptors (Lipinski definition) is 5. The highest BCUT2D eigenvalue weighted by Gasteiger charge is 2.20. The number of hydrogen-bond donors (Lipinski definition) is 2. The van der Waals surface area contributed by atoms with Crippen LogP contribution in [0.15, 0.2) is 59.1 Å². The Bertz CT molecular complexity index is 949. The zero-order valence-electron chi connectivity index (χ0n) is 14.9. The molecular weight excluding hydrogens is 346 g/mol. The van der Waals surface area contributed by atoms with Gasteiger partial charge in [-0.1, -0.05) is 47.6 Å². The first-order valence-electron chi connectivity index (χ1n) is 8.35. The Morgan fingerprint density at radius 3 is 2.41 bits per heavy atom. The lowest BCUT2D eigenvalue weighted by Gasteiger charge is -2.14. The minimum absolute atomic E-state index is 0.368. The van der Waals surface area contributed by atoms with E-state index in [4.69, 9.17) is 15.0 Å². The highest BCUT2D eigenvalue weighted by molar-refractivity contribution is 5.94. The SMILES string of the molecule is Cc1noc(-c2ccc(C(N)=O)cc2)c1NC(=O)O[C@@H](C)c1ccccc1. The van der Waals surface area contributed by atoms with Gasteiger partial charge in [-0.15, -0.1) is 0 Å². The van der Waals surface area contributed by atoms with Crippen LogP contribution in [0.25, 0.3) is 11.3 Å². The molecule has 3 rings (SSSR count). The minimum atomic E-state index is -0.618. The molecule has 0 saturated heterocycles. The van der Waals surface area contributed by atoms with E-state index in [0.29, 0.717) is 28.3 Å². The van der Waals surface area contributed by atoms with Crippen molar-refractivity contribution in [1.82, 2.24) is 5.16 Å². The van der Waals surface area contributed by atoms with E-state index in [0.717, 1.165) is 5.56 Å². The summed E-state index contributed by atoms with van der Waals surface area (Å²) in [7, 11) is 0. The van der Waals surface area contributed by atoms with Gasteiger partial charge in [0.05, 0.1) is 0 Å². The summed E-state index contributed by atoms with van der Waals surface area (Å²) >= 11 is 0. The van der Waals surface area contributed by atoms with Crippen molar-refractivity contribution in [3.8, 4) is 11.3 Å². The van der Waals surface area contributed by atoms with E-state index in [2.05, 4.69) is 10.5 Å². The molecule has 3 aromatic rings. The number of benzene rings is 2. The summed E-state index contributed by atoms with van der Waals surface area (Å²) in [6, 6.07) is 15.9. The van der Waals surface area contributed by atoms with Gasteiger partial charge in [0.15, 0.2) is 5.76 Å². The Balaban J connectivity index is 1.76. The van der Waals surface area contributed by atoms with Gasteiger partial charge in [-0.3, -0.25) is 10.1 Å². The monoisotopic (exact) mass is 365 g/mol. The molecule has 0 radical (unpaired) electrons. The van der Waals surface area contributed by atoms with E-state index in [9.17, 15) is 9.59 Å². The molecule has 2 amide bonds. The van der Waals surface area contributed by atoms with E-state index in [-0.39, 0.29) is 0 Å². The zero-order chi connectivity index (χ0) is 19.4. The quantitative estimate of drug-likeness (QED) is 0.709. The van der Waals surface area contributed by atoms with Crippen LogP contribution in [-0.2, 0) is 4.74 Å². The molecule has 0 aliphatic carbocycles. The second-order valence-corrected chi connectivity index (χ2v) is 6.00. The van der Waals surface area contributed by atoms with Crippen LogP contribution in [0.5, 0.6) is 0 Å². The molecular formula is C20H19N3O4. The minimum Gasteiger partial charge on any atom is -0.441 e. The van der Waals surface area contributed by atoms with Gasteiger partial charge in [0.1, 0.15) is 17.5 Å². The van der Waals surface area contributed by atoms with Crippen molar-refractivity contribution in [3.63, 3.8) is 0 Å². The van der Waals surface area contributed by atoms with Crippen LogP contribution in [0.2, 0.25) is 0 Å². The molecule has 7 heteroatoms. The first kappa shape index (κ1) is 18.2. The Morgan fingerprint density at radius 1 is 1.11 bits per heavy atom. The standard InChI is InChI=1S/C20H19N3O4/c1-12-17(22-20(25)26-13(2)14-6-4-3-5-7-14)18(27-23-12)15-8-10-16(11-9-15)19(21)24/h3-11,13H,1-2H3,(H2,21,24)(H,22,25)/t13-/m0/s1. The topological polar surface area (TPSA) is 107 Å². The molecule has 1 atom stereocenters. The van der Waals surface area contributed by atoms with Crippen LogP contribution in [0.1, 0.15) is 34.6 Å². The van der Waals surface area contributed by atoms with Gasteiger partial charge in [0, 0.05) is 11.1 Å². The average Bonchev–Trinajstić information content (AvgIpc) is 3.03. The average molecular weight is 365 g/mol. The Kier molecular flexibility index (Phi) is 5.21. The van der Waals surface area contributed by atoms with Crippen molar-refractivity contribution in [2.24, 2.45) is 5.73 Å². The number of aromatic nitrogens is 1. The Hall–Kier alpha value is -3.61. The fourth-order valence-corrected chi connectivity index (χ4v) is 2.58. The molecule has 0 aliphatic heterocycles. The van der Waals surface area contributed by atoms with E-state index >= 15 is 0 Å². The van der Waals surface area contributed by atoms with Crippen LogP contribution < -0.4 is 11.1 Å². The predicted molar refractivity (Wildman–Crippen MR) is 100 cm³/mol. The second kappa shape index (κ2) is 7.74. The van der Waals surface area contributed by atoms with Gasteiger partial charge in [-0.05, 0) is 31.5 Å². The third-order valence-electron chi connectivity index (χ3n) is 4.07. The molecule has 27 heavy (non-hydrogen) atoms. The van der Waals surface area contributed by atoms with Crippen molar-refractivity contribution in [2.45, 2.75) is 20.0 Å². The molecule has 1 heterocycles. The number of amides is 2. The third-order valence-corrected chi connectivity index (χ3v) is 4.07. The van der Waals surface area contributed by atoms with Gasteiger partial charge >= 0.3 is 6.09 Å². The van der Waals surface area contributed by atoms with E-state index in [1.54, 1.807) is 38.1 Å². The zero-order valence-corrected chi connectivity index (χ0v) is 14.9. The maximum absolute atomic E-state index is 12.3. The summed E-state index contributed by atoms with van der Waals surface area (Å²) in [6.07, 6.45) is -1.03. The van der Waals surface area contributed by atoms with Crippen molar-refractivity contribution in [1.29, 1.82) is 0 Å². The molecule has 3 N–H and O–H groups in total. The molecule has 1 aromatic heterocycles. The highest BCUT2D eigenvalue weighted by atomic mass is 16.6. The molecule has 0 spiro atoms. The fraction of sp³-hybridized carbons (Fsp3) is 0.150. The lowest BCUT2D eigenvalue weighted by molar-refractivity contribution is 0.1000. The van der Waals surface area contributed by atoms with Crippen molar-refractivity contribution >= 4 is 17.7 Å². The lowest BCUT2D eigenvalue weighted by atomic mass is 10.1. The fourth-order valence-electron chi connectivity index (χ4n) is 2.58. The molecule has 2 aromatic carbocycles. The van der Waals surface area contributed by atoms with Crippen molar-refractivity contribution < 1.29 is 18.8 Å². The van der Waals surface area contributed by atoms with E-state index < -0.39 is 18.1 Å². The van der Waals surface area contributed by atoms with Crippen LogP contribution in [0.4, 0.5) is 10.5 Å². The van der Waals surface area contributed by atoms with Crippen LogP contribution >= 0.6 is 0 Å². The summed E-state index contributed by atoms with van der Waals surface area (Å²) < 4.78 is 10.8. The molecule has 0 aliphatic rings. The van der Waals surface area contributed by atoms with Gasteiger partial charge in [0.25, 0.3) is 0 Å². The number of primary amides is 1. The van der Waals surface area contributed by atoms with Gasteiger partial charge in [0.2, 0.25) is 5.91 Å². The van der Waals surface area contributed by atoms with Gasteiger partial charge in [-0.25, -0.2) is 4.79 Å². The van der Waals surface area contributed by atoms with Gasteiger partial charge in [-0.2, -0.15) is 0 Å². The number of rotatable bonds is 5. The number of nitrogens with zero attached hydrogens (tertiary/aromatic N) is 1. The van der Waals surface area contributed by atoms with Crippen molar-refractivity contribution in [2.75, 3.05) is 5.32 Å². The molecule has 0 fully saturated rings. The molecule has 0 bridgehead atoms. The number of nitrogens with one attached hydrogen (secondary N) is 1. The second-order valence-electron chi connectivity index (χ2n) is 6.00. The first-order chi connectivity index (χ1) is 13.0. The van der Waals surface area contributed by atoms with Crippen LogP contribution in [0.3, 0.4) is 0 Å². The molecule has 0 saturated carbocycles. The molecule has 7 nitrogen and oxygen atoms in total. The lowest BCUT2D eigenvalue weighted by Crippen LogP contribution is -2.16. The van der Waals surface area contributed by atoms with Crippen molar-refractivity contribution in [3.05, 3.63) is 71.4 Å². The Labute approximate surface area is 156 Å². The summed E-state index contributed by atoms with van der Waals surface area (Å²) in [5.74, 6) is -0.153. The number of ether oxygens (including phenoxy) is 1. The summed E-state index contributed by atoms with van der Waals surface area (Å²) in [6.45, 7) is 3.50. The highest BCUT2D eigenvalue weighted by Crippen LogP contribution is 2.31. The summed E-state index contributed by atoms with van der Waals surface area (Å²) in [4.78, 5) is 23.5. The number of anilines is 1. The predicted octanol–water partition coefficient (Wildman–Crippen LogP) is 4.06. The number of aryl methyl sites for hydroxylation is 1. The largest absolute Gasteiger partial charge is 0.441 e. The normalized spacial score (nSPS) is 11.6. The van der Waals surface area contributed by atoms with Crippen LogP contribution in [-0.4, -0.2) is 17.2 Å². The summed E-state index contributed by atoms with van der Waals surface area (Å²) in [5, 5.41) is 6.59. The Morgan fingerprint density at radius 2 is 1.78 bits per heavy atom. The van der Waals surface area contributed by atoms with E-state index in [1.165, 1.54) is 0 Å². The van der Waals surface area contributed by atoms with Gasteiger partial charge < -0.3 is 15.0 Å². The number of nitrogens with two attached hydrogens (primary N) is 1. The smallest absolute Gasteiger partial charge is 0.412 e. The maximum atomic E-state index is 12.3. The number of carbonyl (C=O) groups excluding carboxylic acids is 2. The molecule has 0 unspecified atom stereocenters. The third kappa shape index (κ3) is 4.14. The first-order valence-corrected chi connectivity index (χ1v) is 8.35. The maximum Gasteiger partial charge on any atom is 0.412 e. The number of carbonyl (C=O) groups is 2. The summed E-state index contributed by atoms with van der Waals surface area (Å²) in [5.41, 5.74) is 8.07. The van der Waals surface area contributed by atoms with E-state index in [1.807, 2.05) is 30.3 Å². The van der Waals surface area contributed by atoms with Crippen LogP contribution in [0, 0.1) is 6.92 Å².